The van der Waals surface area contributed by atoms with E-state index in [0.29, 0.717) is 16.8 Å². The molecule has 6 nitrogen and oxygen atoms in total. The van der Waals surface area contributed by atoms with Crippen molar-refractivity contribution in [2.24, 2.45) is 0 Å². The van der Waals surface area contributed by atoms with Gasteiger partial charge in [-0.2, -0.15) is 0 Å². The maximum absolute atomic E-state index is 13.0. The van der Waals surface area contributed by atoms with E-state index in [9.17, 15) is 4.79 Å². The van der Waals surface area contributed by atoms with Gasteiger partial charge in [0.05, 0.1) is 10.8 Å². The van der Waals surface area contributed by atoms with Crippen molar-refractivity contribution in [2.75, 3.05) is 36.8 Å². The number of para-hydroxylation sites is 1. The molecule has 2 heterocycles. The molecular formula is C25H28ClN5OS. The summed E-state index contributed by atoms with van der Waals surface area (Å²) in [5, 5.41) is 10.5. The number of halogens is 1. The molecule has 0 bridgehead atoms. The number of carbonyl (C=O) groups excluding carboxylic acids is 1. The molecule has 0 atom stereocenters. The molecule has 0 radical (unpaired) electrons. The molecule has 1 amide bonds. The van der Waals surface area contributed by atoms with E-state index in [2.05, 4.69) is 43.9 Å². The third kappa shape index (κ3) is 4.89. The largest absolute Gasteiger partial charge is 0.368 e. The fourth-order valence-electron chi connectivity index (χ4n) is 4.76. The lowest BCUT2D eigenvalue weighted by Gasteiger charge is -2.36. The normalized spacial score (nSPS) is 17.0. The molecular weight excluding hydrogens is 454 g/mol. The number of thioether (sulfide) groups is 1. The Balaban J connectivity index is 1.26. The van der Waals surface area contributed by atoms with Gasteiger partial charge in [0.25, 0.3) is 0 Å². The van der Waals surface area contributed by atoms with Gasteiger partial charge in [-0.1, -0.05) is 66.5 Å². The van der Waals surface area contributed by atoms with Crippen molar-refractivity contribution < 1.29 is 4.79 Å². The van der Waals surface area contributed by atoms with Crippen molar-refractivity contribution in [3.8, 4) is 11.4 Å². The fraction of sp³-hybridized carbons (Fsp3) is 0.400. The number of piperazine rings is 1. The summed E-state index contributed by atoms with van der Waals surface area (Å²) in [4.78, 5) is 17.3. The second kappa shape index (κ2) is 10.2. The SMILES string of the molecule is O=C(CSc1nnc(-c2ccccc2Cl)n1C1CCCC1)N1CCN(c2ccccc2)CC1. The summed E-state index contributed by atoms with van der Waals surface area (Å²) >= 11 is 7.97. The van der Waals surface area contributed by atoms with Gasteiger partial charge in [0.15, 0.2) is 11.0 Å². The topological polar surface area (TPSA) is 54.3 Å². The van der Waals surface area contributed by atoms with Gasteiger partial charge in [-0.05, 0) is 37.1 Å². The molecule has 1 aliphatic heterocycles. The molecule has 0 N–H and O–H groups in total. The van der Waals surface area contributed by atoms with Crippen LogP contribution < -0.4 is 4.90 Å². The van der Waals surface area contributed by atoms with E-state index in [1.54, 1.807) is 0 Å². The second-order valence-corrected chi connectivity index (χ2v) is 9.94. The highest BCUT2D eigenvalue weighted by Crippen LogP contribution is 2.38. The highest BCUT2D eigenvalue weighted by Gasteiger charge is 2.27. The van der Waals surface area contributed by atoms with Crippen molar-refractivity contribution in [3.05, 3.63) is 59.6 Å². The van der Waals surface area contributed by atoms with Gasteiger partial charge < -0.3 is 9.80 Å². The van der Waals surface area contributed by atoms with E-state index >= 15 is 0 Å². The monoisotopic (exact) mass is 481 g/mol. The third-order valence-electron chi connectivity index (χ3n) is 6.55. The third-order valence-corrected chi connectivity index (χ3v) is 7.81. The Hall–Kier alpha value is -2.51. The molecule has 1 saturated heterocycles. The number of aromatic nitrogens is 3. The zero-order chi connectivity index (χ0) is 22.6. The standard InChI is InChI=1S/C25H28ClN5OS/c26-22-13-7-6-12-21(22)24-27-28-25(31(24)20-10-4-5-11-20)33-18-23(32)30-16-14-29(15-17-30)19-8-2-1-3-9-19/h1-3,6-9,12-13,20H,4-5,10-11,14-18H2. The lowest BCUT2D eigenvalue weighted by molar-refractivity contribution is -0.128. The average Bonchev–Trinajstić information content (AvgIpc) is 3.53. The maximum Gasteiger partial charge on any atom is 0.233 e. The van der Waals surface area contributed by atoms with Crippen molar-refractivity contribution in [2.45, 2.75) is 36.9 Å². The van der Waals surface area contributed by atoms with Crippen molar-refractivity contribution >= 4 is 35.0 Å². The first kappa shape index (κ1) is 22.3. The first-order valence-electron chi connectivity index (χ1n) is 11.6. The van der Waals surface area contributed by atoms with Crippen molar-refractivity contribution in [3.63, 3.8) is 0 Å². The Morgan fingerprint density at radius 2 is 1.64 bits per heavy atom. The Morgan fingerprint density at radius 1 is 0.939 bits per heavy atom. The molecule has 2 fully saturated rings. The summed E-state index contributed by atoms with van der Waals surface area (Å²) < 4.78 is 2.22. The number of carbonyl (C=O) groups is 1. The number of hydrogen-bond donors (Lipinski definition) is 0. The zero-order valence-electron chi connectivity index (χ0n) is 18.6. The van der Waals surface area contributed by atoms with Crippen LogP contribution in [0, 0.1) is 0 Å². The second-order valence-electron chi connectivity index (χ2n) is 8.59. The summed E-state index contributed by atoms with van der Waals surface area (Å²) in [5.41, 5.74) is 2.12. The van der Waals surface area contributed by atoms with Gasteiger partial charge in [-0.15, -0.1) is 10.2 Å². The molecule has 33 heavy (non-hydrogen) atoms. The van der Waals surface area contributed by atoms with Crippen LogP contribution in [0.25, 0.3) is 11.4 Å². The Bertz CT molecular complexity index is 1090. The predicted octanol–water partition coefficient (Wildman–Crippen LogP) is 5.15. The van der Waals surface area contributed by atoms with E-state index in [1.165, 1.54) is 30.3 Å². The van der Waals surface area contributed by atoms with Crippen LogP contribution in [-0.2, 0) is 4.79 Å². The molecule has 5 rings (SSSR count). The van der Waals surface area contributed by atoms with E-state index in [0.717, 1.165) is 55.6 Å². The van der Waals surface area contributed by atoms with Gasteiger partial charge in [0.1, 0.15) is 0 Å². The maximum atomic E-state index is 13.0. The van der Waals surface area contributed by atoms with Crippen LogP contribution in [0.3, 0.4) is 0 Å². The van der Waals surface area contributed by atoms with Gasteiger partial charge >= 0.3 is 0 Å². The van der Waals surface area contributed by atoms with Crippen LogP contribution in [0.15, 0.2) is 59.8 Å². The Kier molecular flexibility index (Phi) is 6.88. The molecule has 2 aromatic carbocycles. The molecule has 172 valence electrons. The van der Waals surface area contributed by atoms with Crippen molar-refractivity contribution in [1.29, 1.82) is 0 Å². The van der Waals surface area contributed by atoms with Gasteiger partial charge in [-0.25, -0.2) is 0 Å². The molecule has 2 aliphatic rings. The molecule has 1 saturated carbocycles. The first-order valence-corrected chi connectivity index (χ1v) is 13.0. The highest BCUT2D eigenvalue weighted by atomic mass is 35.5. The summed E-state index contributed by atoms with van der Waals surface area (Å²) in [6, 6.07) is 18.5. The highest BCUT2D eigenvalue weighted by molar-refractivity contribution is 7.99. The van der Waals surface area contributed by atoms with Crippen LogP contribution in [0.2, 0.25) is 5.02 Å². The van der Waals surface area contributed by atoms with Gasteiger partial charge in [0.2, 0.25) is 5.91 Å². The van der Waals surface area contributed by atoms with Crippen molar-refractivity contribution in [1.82, 2.24) is 19.7 Å². The number of amides is 1. The van der Waals surface area contributed by atoms with Crippen LogP contribution in [0.4, 0.5) is 5.69 Å². The minimum absolute atomic E-state index is 0.160. The van der Waals surface area contributed by atoms with Gasteiger partial charge in [0, 0.05) is 43.5 Å². The van der Waals surface area contributed by atoms with E-state index in [-0.39, 0.29) is 5.91 Å². The average molecular weight is 482 g/mol. The lowest BCUT2D eigenvalue weighted by atomic mass is 10.2. The summed E-state index contributed by atoms with van der Waals surface area (Å²) in [5.74, 6) is 1.34. The molecule has 3 aromatic rings. The zero-order valence-corrected chi connectivity index (χ0v) is 20.1. The van der Waals surface area contributed by atoms with Crippen LogP contribution in [0.5, 0.6) is 0 Å². The first-order chi connectivity index (χ1) is 16.2. The minimum atomic E-state index is 0.160. The molecule has 1 aliphatic carbocycles. The number of nitrogens with zero attached hydrogens (tertiary/aromatic N) is 5. The van der Waals surface area contributed by atoms with Crippen LogP contribution >= 0.6 is 23.4 Å². The number of anilines is 1. The molecule has 1 aromatic heterocycles. The molecule has 8 heteroatoms. The fourth-order valence-corrected chi connectivity index (χ4v) is 5.89. The summed E-state index contributed by atoms with van der Waals surface area (Å²) in [6.07, 6.45) is 4.63. The van der Waals surface area contributed by atoms with Crippen LogP contribution in [-0.4, -0.2) is 57.5 Å². The lowest BCUT2D eigenvalue weighted by Crippen LogP contribution is -2.49. The quantitative estimate of drug-likeness (QED) is 0.455. The Morgan fingerprint density at radius 3 is 2.36 bits per heavy atom. The molecule has 0 unspecified atom stereocenters. The van der Waals surface area contributed by atoms with Gasteiger partial charge in [-0.3, -0.25) is 9.36 Å². The number of hydrogen-bond acceptors (Lipinski definition) is 5. The predicted molar refractivity (Wildman–Crippen MR) is 134 cm³/mol. The van der Waals surface area contributed by atoms with E-state index in [4.69, 9.17) is 11.6 Å². The minimum Gasteiger partial charge on any atom is -0.368 e. The smallest absolute Gasteiger partial charge is 0.233 e. The number of benzene rings is 2. The summed E-state index contributed by atoms with van der Waals surface area (Å²) in [6.45, 7) is 3.20. The number of rotatable bonds is 6. The van der Waals surface area contributed by atoms with Crippen LogP contribution in [0.1, 0.15) is 31.7 Å². The summed E-state index contributed by atoms with van der Waals surface area (Å²) in [7, 11) is 0. The van der Waals surface area contributed by atoms with E-state index in [1.807, 2.05) is 35.2 Å². The Labute approximate surface area is 203 Å². The molecule has 0 spiro atoms. The van der Waals surface area contributed by atoms with E-state index < -0.39 is 0 Å².